The van der Waals surface area contributed by atoms with Crippen LogP contribution in [0.4, 0.5) is 0 Å². The van der Waals surface area contributed by atoms with Crippen LogP contribution in [0.25, 0.3) is 0 Å². The second-order valence-electron chi connectivity index (χ2n) is 7.09. The fourth-order valence-electron chi connectivity index (χ4n) is 2.81. The van der Waals surface area contributed by atoms with Gasteiger partial charge in [0.25, 0.3) is 0 Å². The number of hydrogen-bond donors (Lipinski definition) is 2. The van der Waals surface area contributed by atoms with Crippen molar-refractivity contribution < 1.29 is 9.84 Å². The molecule has 0 aromatic heterocycles. The molecule has 0 saturated carbocycles. The van der Waals surface area contributed by atoms with Gasteiger partial charge in [0.1, 0.15) is 5.75 Å². The summed E-state index contributed by atoms with van der Waals surface area (Å²) < 4.78 is 5.22. The Hall–Kier alpha value is -1.06. The molecule has 0 aliphatic carbocycles. The summed E-state index contributed by atoms with van der Waals surface area (Å²) in [5.74, 6) is 1.39. The average molecular weight is 293 g/mol. The van der Waals surface area contributed by atoms with Crippen LogP contribution in [0.1, 0.15) is 52.6 Å². The predicted molar refractivity (Wildman–Crippen MR) is 88.7 cm³/mol. The monoisotopic (exact) mass is 293 g/mol. The summed E-state index contributed by atoms with van der Waals surface area (Å²) in [6.45, 7) is 11.6. The molecule has 0 amide bonds. The van der Waals surface area contributed by atoms with Crippen LogP contribution < -0.4 is 10.1 Å². The van der Waals surface area contributed by atoms with E-state index >= 15 is 0 Å². The fourth-order valence-corrected chi connectivity index (χ4v) is 2.81. The zero-order valence-corrected chi connectivity index (χ0v) is 14.3. The number of ether oxygens (including phenoxy) is 1. The number of methoxy groups -OCH3 is 1. The summed E-state index contributed by atoms with van der Waals surface area (Å²) in [6, 6.07) is 8.57. The lowest BCUT2D eigenvalue weighted by molar-refractivity contribution is 0.125. The second-order valence-corrected chi connectivity index (χ2v) is 7.09. The van der Waals surface area contributed by atoms with Crippen molar-refractivity contribution in [3.05, 3.63) is 29.8 Å². The third-order valence-corrected chi connectivity index (χ3v) is 3.79. The van der Waals surface area contributed by atoms with Crippen molar-refractivity contribution in [2.75, 3.05) is 13.7 Å². The Balaban J connectivity index is 2.73. The lowest BCUT2D eigenvalue weighted by Gasteiger charge is -2.31. The van der Waals surface area contributed by atoms with E-state index in [4.69, 9.17) is 4.74 Å². The van der Waals surface area contributed by atoms with Gasteiger partial charge in [-0.05, 0) is 42.4 Å². The summed E-state index contributed by atoms with van der Waals surface area (Å²) in [6.07, 6.45) is 0.535. The van der Waals surface area contributed by atoms with Crippen molar-refractivity contribution in [3.8, 4) is 5.75 Å². The van der Waals surface area contributed by atoms with Crippen molar-refractivity contribution in [1.29, 1.82) is 0 Å². The minimum Gasteiger partial charge on any atom is -0.497 e. The van der Waals surface area contributed by atoms with E-state index in [1.807, 2.05) is 19.1 Å². The van der Waals surface area contributed by atoms with Crippen molar-refractivity contribution in [2.45, 2.75) is 53.2 Å². The number of aliphatic hydroxyl groups is 1. The Bertz CT molecular complexity index is 410. The predicted octanol–water partition coefficient (Wildman–Crippen LogP) is 3.78. The first-order valence-electron chi connectivity index (χ1n) is 7.80. The molecule has 1 aromatic rings. The molecule has 0 saturated heterocycles. The van der Waals surface area contributed by atoms with Crippen LogP contribution in [0.3, 0.4) is 0 Å². The third-order valence-electron chi connectivity index (χ3n) is 3.79. The summed E-state index contributed by atoms with van der Waals surface area (Å²) in [5.41, 5.74) is 1.35. The first kappa shape index (κ1) is 18.0. The molecule has 1 aromatic carbocycles. The van der Waals surface area contributed by atoms with Crippen LogP contribution >= 0.6 is 0 Å². The van der Waals surface area contributed by atoms with Crippen LogP contribution in [0.5, 0.6) is 5.75 Å². The maximum absolute atomic E-state index is 9.60. The molecular weight excluding hydrogens is 262 g/mol. The molecule has 2 unspecified atom stereocenters. The average Bonchev–Trinajstić information content (AvgIpc) is 2.37. The SMILES string of the molecule is COc1ccc(C(NCC(C)(C)CC(C)O)C(C)C)cc1. The van der Waals surface area contributed by atoms with Crippen LogP contribution in [0, 0.1) is 11.3 Å². The van der Waals surface area contributed by atoms with Gasteiger partial charge in [0.05, 0.1) is 13.2 Å². The van der Waals surface area contributed by atoms with Gasteiger partial charge in [-0.3, -0.25) is 0 Å². The molecule has 2 N–H and O–H groups in total. The van der Waals surface area contributed by atoms with E-state index in [-0.39, 0.29) is 11.5 Å². The molecule has 0 spiro atoms. The van der Waals surface area contributed by atoms with Crippen LogP contribution in [0.15, 0.2) is 24.3 Å². The van der Waals surface area contributed by atoms with E-state index in [1.165, 1.54) is 5.56 Å². The molecule has 0 aliphatic heterocycles. The highest BCUT2D eigenvalue weighted by Gasteiger charge is 2.23. The number of benzene rings is 1. The molecule has 3 heteroatoms. The van der Waals surface area contributed by atoms with Crippen molar-refractivity contribution in [2.24, 2.45) is 11.3 Å². The largest absolute Gasteiger partial charge is 0.497 e. The molecular formula is C18H31NO2. The Morgan fingerprint density at radius 1 is 1.14 bits per heavy atom. The standard InChI is InChI=1S/C18H31NO2/c1-13(2)17(15-7-9-16(21-6)10-8-15)19-12-18(4,5)11-14(3)20/h7-10,13-14,17,19-20H,11-12H2,1-6H3. The quantitative estimate of drug-likeness (QED) is 0.766. The number of aliphatic hydroxyl groups excluding tert-OH is 1. The highest BCUT2D eigenvalue weighted by molar-refractivity contribution is 5.29. The van der Waals surface area contributed by atoms with Gasteiger partial charge in [-0.25, -0.2) is 0 Å². The first-order valence-corrected chi connectivity index (χ1v) is 7.80. The first-order chi connectivity index (χ1) is 9.75. The number of rotatable bonds is 8. The van der Waals surface area contributed by atoms with Gasteiger partial charge in [-0.2, -0.15) is 0 Å². The maximum Gasteiger partial charge on any atom is 0.118 e. The van der Waals surface area contributed by atoms with Crippen LogP contribution in [0.2, 0.25) is 0 Å². The van der Waals surface area contributed by atoms with Crippen LogP contribution in [-0.2, 0) is 0 Å². The summed E-state index contributed by atoms with van der Waals surface area (Å²) >= 11 is 0. The number of hydrogen-bond acceptors (Lipinski definition) is 3. The van der Waals surface area contributed by atoms with E-state index in [0.717, 1.165) is 18.7 Å². The molecule has 0 radical (unpaired) electrons. The highest BCUT2D eigenvalue weighted by atomic mass is 16.5. The second kappa shape index (κ2) is 7.81. The topological polar surface area (TPSA) is 41.5 Å². The van der Waals surface area contributed by atoms with Gasteiger partial charge in [-0.15, -0.1) is 0 Å². The Labute approximate surface area is 129 Å². The lowest BCUT2D eigenvalue weighted by atomic mass is 9.85. The zero-order chi connectivity index (χ0) is 16.0. The molecule has 3 nitrogen and oxygen atoms in total. The van der Waals surface area contributed by atoms with Crippen molar-refractivity contribution in [3.63, 3.8) is 0 Å². The smallest absolute Gasteiger partial charge is 0.118 e. The van der Waals surface area contributed by atoms with Crippen LogP contribution in [-0.4, -0.2) is 24.9 Å². The lowest BCUT2D eigenvalue weighted by Crippen LogP contribution is -2.36. The minimum atomic E-state index is -0.264. The molecule has 1 rings (SSSR count). The van der Waals surface area contributed by atoms with Gasteiger partial charge >= 0.3 is 0 Å². The van der Waals surface area contributed by atoms with E-state index in [9.17, 15) is 5.11 Å². The minimum absolute atomic E-state index is 0.0772. The Morgan fingerprint density at radius 2 is 1.71 bits per heavy atom. The molecule has 0 heterocycles. The van der Waals surface area contributed by atoms with E-state index in [2.05, 4.69) is 45.1 Å². The zero-order valence-electron chi connectivity index (χ0n) is 14.3. The number of nitrogens with one attached hydrogen (secondary N) is 1. The third kappa shape index (κ3) is 6.06. The van der Waals surface area contributed by atoms with Gasteiger partial charge in [0, 0.05) is 12.6 Å². The maximum atomic E-state index is 9.60. The molecule has 120 valence electrons. The molecule has 21 heavy (non-hydrogen) atoms. The fraction of sp³-hybridized carbons (Fsp3) is 0.667. The Kier molecular flexibility index (Phi) is 6.69. The summed E-state index contributed by atoms with van der Waals surface area (Å²) in [7, 11) is 1.69. The summed E-state index contributed by atoms with van der Waals surface area (Å²) in [5, 5.41) is 13.3. The molecule has 0 aliphatic rings. The van der Waals surface area contributed by atoms with Gasteiger partial charge < -0.3 is 15.2 Å². The van der Waals surface area contributed by atoms with Gasteiger partial charge in [0.15, 0.2) is 0 Å². The summed E-state index contributed by atoms with van der Waals surface area (Å²) in [4.78, 5) is 0. The molecule has 2 atom stereocenters. The van der Waals surface area contributed by atoms with Crippen molar-refractivity contribution in [1.82, 2.24) is 5.32 Å². The van der Waals surface area contributed by atoms with E-state index in [0.29, 0.717) is 12.0 Å². The van der Waals surface area contributed by atoms with E-state index < -0.39 is 0 Å². The normalized spacial score (nSPS) is 15.0. The van der Waals surface area contributed by atoms with Gasteiger partial charge in [0.2, 0.25) is 0 Å². The highest BCUT2D eigenvalue weighted by Crippen LogP contribution is 2.27. The van der Waals surface area contributed by atoms with E-state index in [1.54, 1.807) is 7.11 Å². The van der Waals surface area contributed by atoms with Crippen molar-refractivity contribution >= 4 is 0 Å². The van der Waals surface area contributed by atoms with Gasteiger partial charge in [-0.1, -0.05) is 39.8 Å². The molecule has 0 fully saturated rings. The Morgan fingerprint density at radius 3 is 2.14 bits per heavy atom. The molecule has 0 bridgehead atoms.